The summed E-state index contributed by atoms with van der Waals surface area (Å²) in [5.41, 5.74) is 6.54. The number of hydrogen-bond acceptors (Lipinski definition) is 4. The van der Waals surface area contributed by atoms with Crippen molar-refractivity contribution >= 4 is 28.5 Å². The molecular weight excluding hydrogens is 276 g/mol. The van der Waals surface area contributed by atoms with Crippen LogP contribution in [0.4, 0.5) is 14.5 Å². The Bertz CT molecular complexity index is 603. The standard InChI is InChI=1S/C12H10ClF2N3O/c13-10(19)6-1-2-8-7(5-6)9-12(14,15)3-4-18(9)11(16)17-8/h1-2,5,9H,3-4H2,(H2,16,17)/t9-/m0/s1. The topological polar surface area (TPSA) is 58.7 Å². The number of carbonyl (C=O) groups is 1. The van der Waals surface area contributed by atoms with Crippen molar-refractivity contribution in [3.05, 3.63) is 29.3 Å². The van der Waals surface area contributed by atoms with Gasteiger partial charge < -0.3 is 10.6 Å². The van der Waals surface area contributed by atoms with Gasteiger partial charge >= 0.3 is 0 Å². The molecule has 2 heterocycles. The predicted molar refractivity (Wildman–Crippen MR) is 66.9 cm³/mol. The molecule has 7 heteroatoms. The normalized spacial score (nSPS) is 23.6. The summed E-state index contributed by atoms with van der Waals surface area (Å²) in [7, 11) is 0. The summed E-state index contributed by atoms with van der Waals surface area (Å²) in [5, 5.41) is -0.682. The molecule has 2 aliphatic heterocycles. The summed E-state index contributed by atoms with van der Waals surface area (Å²) in [6.07, 6.45) is -0.285. The maximum absolute atomic E-state index is 14.0. The van der Waals surface area contributed by atoms with Crippen LogP contribution in [-0.4, -0.2) is 28.6 Å². The predicted octanol–water partition coefficient (Wildman–Crippen LogP) is 2.41. The molecule has 19 heavy (non-hydrogen) atoms. The summed E-state index contributed by atoms with van der Waals surface area (Å²) < 4.78 is 28.0. The van der Waals surface area contributed by atoms with Gasteiger partial charge in [0.25, 0.3) is 11.2 Å². The van der Waals surface area contributed by atoms with Crippen molar-refractivity contribution in [1.82, 2.24) is 4.90 Å². The summed E-state index contributed by atoms with van der Waals surface area (Å²) in [6.45, 7) is 0.144. The molecule has 0 unspecified atom stereocenters. The summed E-state index contributed by atoms with van der Waals surface area (Å²) >= 11 is 5.39. The molecule has 1 atom stereocenters. The first-order valence-electron chi connectivity index (χ1n) is 5.72. The van der Waals surface area contributed by atoms with Crippen LogP contribution in [0, 0.1) is 0 Å². The van der Waals surface area contributed by atoms with Gasteiger partial charge in [-0.15, -0.1) is 0 Å². The lowest BCUT2D eigenvalue weighted by molar-refractivity contribution is -0.0249. The number of fused-ring (bicyclic) bond motifs is 3. The Kier molecular flexibility index (Phi) is 2.53. The molecule has 0 aromatic heterocycles. The third-order valence-corrected chi connectivity index (χ3v) is 3.69. The van der Waals surface area contributed by atoms with Gasteiger partial charge in [-0.2, -0.15) is 0 Å². The van der Waals surface area contributed by atoms with E-state index in [2.05, 4.69) is 4.99 Å². The van der Waals surface area contributed by atoms with Crippen LogP contribution in [0.3, 0.4) is 0 Å². The molecule has 0 spiro atoms. The van der Waals surface area contributed by atoms with Crippen molar-refractivity contribution in [2.24, 2.45) is 10.7 Å². The lowest BCUT2D eigenvalue weighted by Crippen LogP contribution is -2.42. The molecule has 4 nitrogen and oxygen atoms in total. The number of halogens is 3. The number of carbonyl (C=O) groups excluding carboxylic acids is 1. The first kappa shape index (κ1) is 12.3. The Morgan fingerprint density at radius 1 is 1.53 bits per heavy atom. The van der Waals surface area contributed by atoms with E-state index in [0.717, 1.165) is 0 Å². The van der Waals surface area contributed by atoms with E-state index in [1.807, 2.05) is 0 Å². The first-order chi connectivity index (χ1) is 8.90. The molecule has 1 aromatic rings. The Hall–Kier alpha value is -1.69. The monoisotopic (exact) mass is 285 g/mol. The van der Waals surface area contributed by atoms with E-state index in [-0.39, 0.29) is 24.5 Å². The fraction of sp³-hybridized carbons (Fsp3) is 0.333. The molecule has 1 aromatic carbocycles. The molecule has 0 amide bonds. The summed E-state index contributed by atoms with van der Waals surface area (Å²) in [6, 6.07) is 3.14. The van der Waals surface area contributed by atoms with Crippen molar-refractivity contribution in [2.75, 3.05) is 6.54 Å². The second kappa shape index (κ2) is 3.90. The van der Waals surface area contributed by atoms with Gasteiger partial charge in [0, 0.05) is 24.1 Å². The number of benzene rings is 1. The van der Waals surface area contributed by atoms with E-state index >= 15 is 0 Å². The van der Waals surface area contributed by atoms with Gasteiger partial charge in [0.15, 0.2) is 5.96 Å². The molecule has 1 saturated heterocycles. The number of guanidine groups is 1. The number of alkyl halides is 2. The van der Waals surface area contributed by atoms with Crippen molar-refractivity contribution in [3.8, 4) is 0 Å². The van der Waals surface area contributed by atoms with Crippen LogP contribution in [0.1, 0.15) is 28.4 Å². The lowest BCUT2D eigenvalue weighted by Gasteiger charge is -2.33. The Labute approximate surface area is 112 Å². The van der Waals surface area contributed by atoms with Crippen LogP contribution >= 0.6 is 11.6 Å². The first-order valence-corrected chi connectivity index (χ1v) is 6.10. The number of hydrogen-bond donors (Lipinski definition) is 1. The van der Waals surface area contributed by atoms with Gasteiger partial charge in [-0.3, -0.25) is 4.79 Å². The van der Waals surface area contributed by atoms with Crippen LogP contribution in [0.15, 0.2) is 23.2 Å². The fourth-order valence-corrected chi connectivity index (χ4v) is 2.71. The molecule has 0 saturated carbocycles. The van der Waals surface area contributed by atoms with E-state index in [1.165, 1.54) is 23.1 Å². The molecule has 3 rings (SSSR count). The molecule has 100 valence electrons. The van der Waals surface area contributed by atoms with Crippen LogP contribution in [0.2, 0.25) is 0 Å². The zero-order valence-electron chi connectivity index (χ0n) is 9.74. The minimum atomic E-state index is -2.90. The van der Waals surface area contributed by atoms with Crippen LogP contribution in [0.5, 0.6) is 0 Å². The number of rotatable bonds is 1. The number of nitrogens with two attached hydrogens (primary N) is 1. The Morgan fingerprint density at radius 3 is 2.95 bits per heavy atom. The maximum Gasteiger partial charge on any atom is 0.274 e. The average molecular weight is 286 g/mol. The Balaban J connectivity index is 2.19. The minimum Gasteiger partial charge on any atom is -0.369 e. The SMILES string of the molecule is NC1=Nc2ccc(C(=O)Cl)cc2[C@@H]2N1CCC2(F)F. The minimum absolute atomic E-state index is 0.0830. The van der Waals surface area contributed by atoms with Crippen molar-refractivity contribution in [2.45, 2.75) is 18.4 Å². The van der Waals surface area contributed by atoms with Crippen molar-refractivity contribution < 1.29 is 13.6 Å². The third kappa shape index (κ3) is 1.78. The summed E-state index contributed by atoms with van der Waals surface area (Å²) in [5.74, 6) is -2.82. The Morgan fingerprint density at radius 2 is 2.26 bits per heavy atom. The molecule has 0 radical (unpaired) electrons. The highest BCUT2D eigenvalue weighted by molar-refractivity contribution is 6.67. The second-order valence-electron chi connectivity index (χ2n) is 4.62. The fourth-order valence-electron chi connectivity index (χ4n) is 2.59. The van der Waals surface area contributed by atoms with Crippen molar-refractivity contribution in [1.29, 1.82) is 0 Å². The van der Waals surface area contributed by atoms with Crippen LogP contribution < -0.4 is 5.73 Å². The molecular formula is C12H10ClF2N3O. The summed E-state index contributed by atoms with van der Waals surface area (Å²) in [4.78, 5) is 16.6. The smallest absolute Gasteiger partial charge is 0.274 e. The van der Waals surface area contributed by atoms with E-state index in [0.29, 0.717) is 11.3 Å². The average Bonchev–Trinajstić information content (AvgIpc) is 2.66. The van der Waals surface area contributed by atoms with E-state index in [4.69, 9.17) is 17.3 Å². The highest BCUT2D eigenvalue weighted by Crippen LogP contribution is 2.49. The highest BCUT2D eigenvalue weighted by atomic mass is 35.5. The molecule has 0 bridgehead atoms. The van der Waals surface area contributed by atoms with E-state index in [9.17, 15) is 13.6 Å². The van der Waals surface area contributed by atoms with Gasteiger partial charge in [0.1, 0.15) is 6.04 Å². The van der Waals surface area contributed by atoms with Gasteiger partial charge in [-0.05, 0) is 29.8 Å². The molecule has 0 aliphatic carbocycles. The van der Waals surface area contributed by atoms with E-state index in [1.54, 1.807) is 0 Å². The van der Waals surface area contributed by atoms with Gasteiger partial charge in [0.05, 0.1) is 5.69 Å². The van der Waals surface area contributed by atoms with Gasteiger partial charge in [-0.25, -0.2) is 13.8 Å². The number of aliphatic imine (C=N–C) groups is 1. The molecule has 2 aliphatic rings. The maximum atomic E-state index is 14.0. The van der Waals surface area contributed by atoms with Crippen LogP contribution in [0.25, 0.3) is 0 Å². The second-order valence-corrected chi connectivity index (χ2v) is 4.97. The quantitative estimate of drug-likeness (QED) is 0.806. The zero-order chi connectivity index (χ0) is 13.8. The lowest BCUT2D eigenvalue weighted by atomic mass is 9.96. The number of nitrogens with zero attached hydrogens (tertiary/aromatic N) is 2. The van der Waals surface area contributed by atoms with Crippen molar-refractivity contribution in [3.63, 3.8) is 0 Å². The molecule has 1 fully saturated rings. The zero-order valence-corrected chi connectivity index (χ0v) is 10.5. The van der Waals surface area contributed by atoms with Crippen LogP contribution in [-0.2, 0) is 0 Å². The highest BCUT2D eigenvalue weighted by Gasteiger charge is 2.52. The third-order valence-electron chi connectivity index (χ3n) is 3.48. The van der Waals surface area contributed by atoms with Gasteiger partial charge in [-0.1, -0.05) is 0 Å². The largest absolute Gasteiger partial charge is 0.369 e. The van der Waals surface area contributed by atoms with Gasteiger partial charge in [0.2, 0.25) is 0 Å². The molecule has 2 N–H and O–H groups in total. The van der Waals surface area contributed by atoms with E-state index < -0.39 is 17.2 Å².